The Hall–Kier alpha value is -2.43. The molecule has 0 amide bonds. The highest BCUT2D eigenvalue weighted by Gasteiger charge is 2.29. The number of nitrogens with zero attached hydrogens (tertiary/aromatic N) is 2. The van der Waals surface area contributed by atoms with E-state index in [9.17, 15) is 13.2 Å². The van der Waals surface area contributed by atoms with Crippen LogP contribution in [0.25, 0.3) is 11.1 Å². The van der Waals surface area contributed by atoms with Gasteiger partial charge in [-0.3, -0.25) is 0 Å². The minimum Gasteiger partial charge on any atom is -0.207 e. The highest BCUT2D eigenvalue weighted by molar-refractivity contribution is 5.95. The third kappa shape index (κ3) is 2.86. The number of hydrogen-bond donors (Lipinski definition) is 0. The lowest BCUT2D eigenvalue weighted by Crippen LogP contribution is -2.18. The molecule has 0 aliphatic carbocycles. The van der Waals surface area contributed by atoms with Gasteiger partial charge in [-0.15, -0.1) is 0 Å². The van der Waals surface area contributed by atoms with Crippen molar-refractivity contribution in [3.05, 3.63) is 70.5 Å². The fraction of sp³-hybridized carbons (Fsp3) is 0.263. The van der Waals surface area contributed by atoms with Gasteiger partial charge in [-0.25, -0.2) is 13.2 Å². The molecule has 0 spiro atoms. The van der Waals surface area contributed by atoms with E-state index in [2.05, 4.69) is 10.2 Å². The zero-order valence-corrected chi connectivity index (χ0v) is 13.6. The third-order valence-electron chi connectivity index (χ3n) is 4.18. The summed E-state index contributed by atoms with van der Waals surface area (Å²) in [5.41, 5.74) is 2.80. The highest BCUT2D eigenvalue weighted by atomic mass is 19.1. The average Bonchev–Trinajstić information content (AvgIpc) is 2.51. The second-order valence-corrected chi connectivity index (χ2v) is 6.02. The van der Waals surface area contributed by atoms with Crippen molar-refractivity contribution < 1.29 is 13.2 Å². The maximum absolute atomic E-state index is 14.4. The van der Waals surface area contributed by atoms with Crippen molar-refractivity contribution >= 4 is 11.1 Å². The van der Waals surface area contributed by atoms with Crippen molar-refractivity contribution in [2.75, 3.05) is 0 Å². The molecule has 0 fully saturated rings. The van der Waals surface area contributed by atoms with Crippen molar-refractivity contribution in [2.24, 2.45) is 10.2 Å². The molecule has 2 aromatic carbocycles. The summed E-state index contributed by atoms with van der Waals surface area (Å²) < 4.78 is 42.0. The van der Waals surface area contributed by atoms with E-state index in [1.54, 1.807) is 6.92 Å². The number of benzene rings is 2. The van der Waals surface area contributed by atoms with Crippen LogP contribution in [0.1, 0.15) is 30.5 Å². The molecule has 0 saturated heterocycles. The lowest BCUT2D eigenvalue weighted by molar-refractivity contribution is 0.536. The molecule has 0 radical (unpaired) electrons. The van der Waals surface area contributed by atoms with Crippen molar-refractivity contribution in [3.63, 3.8) is 0 Å². The minimum atomic E-state index is -0.940. The van der Waals surface area contributed by atoms with Crippen molar-refractivity contribution in [2.45, 2.75) is 32.9 Å². The lowest BCUT2D eigenvalue weighted by Gasteiger charge is -2.26. The lowest BCUT2D eigenvalue weighted by atomic mass is 9.85. The Morgan fingerprint density at radius 3 is 1.83 bits per heavy atom. The van der Waals surface area contributed by atoms with E-state index in [1.165, 1.54) is 0 Å². The van der Waals surface area contributed by atoms with Gasteiger partial charge in [-0.05, 0) is 37.5 Å². The molecule has 124 valence electrons. The summed E-state index contributed by atoms with van der Waals surface area (Å²) in [6, 6.07) is 8.18. The highest BCUT2D eigenvalue weighted by Crippen LogP contribution is 2.39. The Morgan fingerprint density at radius 2 is 1.29 bits per heavy atom. The molecule has 1 aliphatic rings. The van der Waals surface area contributed by atoms with E-state index in [-0.39, 0.29) is 11.6 Å². The van der Waals surface area contributed by atoms with E-state index < -0.39 is 23.5 Å². The molecule has 3 rings (SSSR count). The van der Waals surface area contributed by atoms with E-state index in [1.807, 2.05) is 38.1 Å². The fourth-order valence-corrected chi connectivity index (χ4v) is 3.04. The minimum absolute atomic E-state index is 0.232. The number of azo groups is 1. The van der Waals surface area contributed by atoms with Gasteiger partial charge in [0, 0.05) is 12.1 Å². The summed E-state index contributed by atoms with van der Waals surface area (Å²) in [4.78, 5) is 0. The first-order chi connectivity index (χ1) is 11.4. The Labute approximate surface area is 138 Å². The Balaban J connectivity index is 2.30. The summed E-state index contributed by atoms with van der Waals surface area (Å²) in [5.74, 6) is -2.80. The van der Waals surface area contributed by atoms with Crippen LogP contribution in [-0.4, -0.2) is 12.1 Å². The SMILES string of the molecule is Cc1ccc(C2=C(c3c(F)cc(F)cc3F)C(C)N=NC2C)cc1. The van der Waals surface area contributed by atoms with Crippen molar-refractivity contribution in [1.29, 1.82) is 0 Å². The zero-order valence-electron chi connectivity index (χ0n) is 13.6. The van der Waals surface area contributed by atoms with Gasteiger partial charge < -0.3 is 0 Å². The second kappa shape index (κ2) is 6.23. The normalized spacial score (nSPS) is 20.6. The first kappa shape index (κ1) is 16.4. The number of rotatable bonds is 2. The molecule has 2 aromatic rings. The largest absolute Gasteiger partial charge is 0.207 e. The number of halogens is 3. The van der Waals surface area contributed by atoms with Crippen LogP contribution in [0.4, 0.5) is 13.2 Å². The Bertz CT molecular complexity index is 815. The van der Waals surface area contributed by atoms with Crippen molar-refractivity contribution in [1.82, 2.24) is 0 Å². The molecular weight excluding hydrogens is 313 g/mol. The summed E-state index contributed by atoms with van der Waals surface area (Å²) in [7, 11) is 0. The molecular formula is C19H17F3N2. The van der Waals surface area contributed by atoms with Gasteiger partial charge in [0.2, 0.25) is 0 Å². The molecule has 0 bridgehead atoms. The number of hydrogen-bond acceptors (Lipinski definition) is 2. The third-order valence-corrected chi connectivity index (χ3v) is 4.18. The summed E-state index contributed by atoms with van der Waals surface area (Å²) in [6.07, 6.45) is 0. The van der Waals surface area contributed by atoms with Gasteiger partial charge in [0.1, 0.15) is 17.5 Å². The molecule has 0 saturated carbocycles. The molecule has 1 aliphatic heterocycles. The monoisotopic (exact) mass is 330 g/mol. The van der Waals surface area contributed by atoms with Gasteiger partial charge in [0.05, 0.1) is 17.6 Å². The first-order valence-corrected chi connectivity index (χ1v) is 7.74. The molecule has 1 heterocycles. The maximum atomic E-state index is 14.4. The second-order valence-electron chi connectivity index (χ2n) is 6.02. The molecule has 5 heteroatoms. The van der Waals surface area contributed by atoms with Gasteiger partial charge in [-0.1, -0.05) is 29.8 Å². The van der Waals surface area contributed by atoms with E-state index in [0.717, 1.165) is 11.1 Å². The van der Waals surface area contributed by atoms with Crippen LogP contribution in [0, 0.1) is 24.4 Å². The summed E-state index contributed by atoms with van der Waals surface area (Å²) >= 11 is 0. The molecule has 2 atom stereocenters. The first-order valence-electron chi connectivity index (χ1n) is 7.74. The van der Waals surface area contributed by atoms with E-state index in [4.69, 9.17) is 0 Å². The van der Waals surface area contributed by atoms with Gasteiger partial charge >= 0.3 is 0 Å². The summed E-state index contributed by atoms with van der Waals surface area (Å²) in [6.45, 7) is 5.51. The summed E-state index contributed by atoms with van der Waals surface area (Å²) in [5, 5.41) is 8.30. The average molecular weight is 330 g/mol. The smallest absolute Gasteiger partial charge is 0.136 e. The van der Waals surface area contributed by atoms with Crippen LogP contribution in [0.3, 0.4) is 0 Å². The zero-order chi connectivity index (χ0) is 17.4. The van der Waals surface area contributed by atoms with Crippen LogP contribution in [0.5, 0.6) is 0 Å². The topological polar surface area (TPSA) is 24.7 Å². The molecule has 0 N–H and O–H groups in total. The van der Waals surface area contributed by atoms with Gasteiger partial charge in [0.15, 0.2) is 0 Å². The Morgan fingerprint density at radius 1 is 0.792 bits per heavy atom. The molecule has 2 unspecified atom stereocenters. The van der Waals surface area contributed by atoms with Crippen LogP contribution < -0.4 is 0 Å². The molecule has 2 nitrogen and oxygen atoms in total. The molecule has 24 heavy (non-hydrogen) atoms. The molecule has 0 aromatic heterocycles. The van der Waals surface area contributed by atoms with E-state index in [0.29, 0.717) is 23.3 Å². The van der Waals surface area contributed by atoms with Gasteiger partial charge in [-0.2, -0.15) is 10.2 Å². The quantitative estimate of drug-likeness (QED) is 0.688. The number of aryl methyl sites for hydroxylation is 1. The van der Waals surface area contributed by atoms with Crippen LogP contribution >= 0.6 is 0 Å². The standard InChI is InChI=1S/C19H17F3N2/c1-10-4-6-13(7-5-10)17-11(2)23-24-12(3)18(17)19-15(21)8-14(20)9-16(19)22/h4-9,11-12H,1-3H3. The Kier molecular flexibility index (Phi) is 4.26. The van der Waals surface area contributed by atoms with Gasteiger partial charge in [0.25, 0.3) is 0 Å². The fourth-order valence-electron chi connectivity index (χ4n) is 3.04. The van der Waals surface area contributed by atoms with Crippen molar-refractivity contribution in [3.8, 4) is 0 Å². The predicted octanol–water partition coefficient (Wildman–Crippen LogP) is 5.57. The van der Waals surface area contributed by atoms with Crippen LogP contribution in [0.15, 0.2) is 46.6 Å². The van der Waals surface area contributed by atoms with E-state index >= 15 is 0 Å². The van der Waals surface area contributed by atoms with Crippen LogP contribution in [0.2, 0.25) is 0 Å². The van der Waals surface area contributed by atoms with Crippen LogP contribution in [-0.2, 0) is 0 Å². The maximum Gasteiger partial charge on any atom is 0.136 e. The predicted molar refractivity (Wildman–Crippen MR) is 88.1 cm³/mol.